The van der Waals surface area contributed by atoms with E-state index in [1.807, 2.05) is 6.07 Å². The highest BCUT2D eigenvalue weighted by Gasteiger charge is 2.12. The predicted octanol–water partition coefficient (Wildman–Crippen LogP) is 5.20. The summed E-state index contributed by atoms with van der Waals surface area (Å²) in [5.41, 5.74) is 7.54. The van der Waals surface area contributed by atoms with Crippen LogP contribution >= 0.6 is 50.5 Å². The number of amides is 1. The molecule has 0 spiro atoms. The van der Waals surface area contributed by atoms with Gasteiger partial charge in [0.2, 0.25) is 0 Å². The molecule has 1 amide bonds. The number of benzene rings is 2. The van der Waals surface area contributed by atoms with E-state index in [9.17, 15) is 4.79 Å². The lowest BCUT2D eigenvalue weighted by atomic mass is 10.2. The SMILES string of the molecule is Nc1nc2c(Br)cc(NC(=O)c3ccc(Cl)c(Cl)c3)cc2s1. The minimum Gasteiger partial charge on any atom is -0.375 e. The summed E-state index contributed by atoms with van der Waals surface area (Å²) in [7, 11) is 0. The van der Waals surface area contributed by atoms with E-state index in [2.05, 4.69) is 26.2 Å². The van der Waals surface area contributed by atoms with Gasteiger partial charge in [-0.25, -0.2) is 4.98 Å². The summed E-state index contributed by atoms with van der Waals surface area (Å²) in [6.45, 7) is 0. The van der Waals surface area contributed by atoms with Crippen LogP contribution in [-0.2, 0) is 0 Å². The monoisotopic (exact) mass is 415 g/mol. The van der Waals surface area contributed by atoms with Gasteiger partial charge in [0.1, 0.15) is 0 Å². The molecular formula is C14H8BrCl2N3OS. The number of hydrogen-bond donors (Lipinski definition) is 2. The molecule has 22 heavy (non-hydrogen) atoms. The summed E-state index contributed by atoms with van der Waals surface area (Å²) >= 11 is 16.6. The van der Waals surface area contributed by atoms with E-state index in [1.165, 1.54) is 17.4 Å². The summed E-state index contributed by atoms with van der Waals surface area (Å²) in [6.07, 6.45) is 0. The molecule has 0 aliphatic heterocycles. The fourth-order valence-corrected chi connectivity index (χ4v) is 3.70. The molecule has 1 heterocycles. The second kappa shape index (κ2) is 6.04. The Morgan fingerprint density at radius 2 is 2.00 bits per heavy atom. The van der Waals surface area contributed by atoms with Gasteiger partial charge in [-0.3, -0.25) is 4.79 Å². The Morgan fingerprint density at radius 1 is 1.23 bits per heavy atom. The first-order chi connectivity index (χ1) is 10.4. The van der Waals surface area contributed by atoms with Gasteiger partial charge in [-0.2, -0.15) is 0 Å². The quantitative estimate of drug-likeness (QED) is 0.603. The van der Waals surface area contributed by atoms with Crippen LogP contribution in [0.2, 0.25) is 10.0 Å². The van der Waals surface area contributed by atoms with Crippen LogP contribution in [0.5, 0.6) is 0 Å². The maximum atomic E-state index is 12.3. The van der Waals surface area contributed by atoms with Crippen molar-refractivity contribution in [1.29, 1.82) is 0 Å². The van der Waals surface area contributed by atoms with Crippen LogP contribution in [0.15, 0.2) is 34.8 Å². The standard InChI is InChI=1S/C14H8BrCl2N3OS/c15-8-4-7(5-11-12(8)20-14(18)22-11)19-13(21)6-1-2-9(16)10(17)3-6/h1-5H,(H2,18,20)(H,19,21). The molecule has 0 fully saturated rings. The van der Waals surface area contributed by atoms with E-state index in [1.54, 1.807) is 18.2 Å². The van der Waals surface area contributed by atoms with Gasteiger partial charge in [-0.05, 0) is 46.3 Å². The van der Waals surface area contributed by atoms with Gasteiger partial charge in [-0.1, -0.05) is 34.5 Å². The number of fused-ring (bicyclic) bond motifs is 1. The van der Waals surface area contributed by atoms with Crippen molar-refractivity contribution < 1.29 is 4.79 Å². The van der Waals surface area contributed by atoms with Crippen LogP contribution in [0.4, 0.5) is 10.8 Å². The Balaban J connectivity index is 1.91. The Hall–Kier alpha value is -1.34. The maximum absolute atomic E-state index is 12.3. The summed E-state index contributed by atoms with van der Waals surface area (Å²) in [5, 5.41) is 4.03. The Morgan fingerprint density at radius 3 is 2.73 bits per heavy atom. The van der Waals surface area contributed by atoms with E-state index in [4.69, 9.17) is 28.9 Å². The molecule has 0 bridgehead atoms. The molecule has 112 valence electrons. The minimum atomic E-state index is -0.276. The molecule has 0 aliphatic carbocycles. The number of carbonyl (C=O) groups is 1. The zero-order chi connectivity index (χ0) is 15.9. The van der Waals surface area contributed by atoms with Crippen molar-refractivity contribution in [2.24, 2.45) is 0 Å². The van der Waals surface area contributed by atoms with Crippen molar-refractivity contribution in [3.63, 3.8) is 0 Å². The second-order valence-corrected chi connectivity index (χ2v) is 7.17. The number of thiazole rings is 1. The lowest BCUT2D eigenvalue weighted by Gasteiger charge is -2.07. The summed E-state index contributed by atoms with van der Waals surface area (Å²) in [5.74, 6) is -0.276. The average molecular weight is 417 g/mol. The molecule has 0 saturated carbocycles. The highest BCUT2D eigenvalue weighted by molar-refractivity contribution is 9.10. The number of halogens is 3. The topological polar surface area (TPSA) is 68.0 Å². The number of anilines is 2. The van der Waals surface area contributed by atoms with Crippen LogP contribution in [0.25, 0.3) is 10.2 Å². The molecule has 0 atom stereocenters. The molecule has 0 saturated heterocycles. The van der Waals surface area contributed by atoms with E-state index in [-0.39, 0.29) is 5.91 Å². The lowest BCUT2D eigenvalue weighted by molar-refractivity contribution is 0.102. The molecule has 1 aromatic heterocycles. The van der Waals surface area contributed by atoms with E-state index < -0.39 is 0 Å². The average Bonchev–Trinajstić information content (AvgIpc) is 2.83. The van der Waals surface area contributed by atoms with E-state index in [0.717, 1.165) is 14.7 Å². The number of hydrogen-bond acceptors (Lipinski definition) is 4. The van der Waals surface area contributed by atoms with E-state index in [0.29, 0.717) is 26.4 Å². The van der Waals surface area contributed by atoms with Gasteiger partial charge >= 0.3 is 0 Å². The zero-order valence-electron chi connectivity index (χ0n) is 10.9. The lowest BCUT2D eigenvalue weighted by Crippen LogP contribution is -2.11. The molecule has 2 aromatic carbocycles. The number of nitrogens with one attached hydrogen (secondary N) is 1. The number of carbonyl (C=O) groups excluding carboxylic acids is 1. The molecule has 3 rings (SSSR count). The third kappa shape index (κ3) is 3.05. The number of nitrogens with two attached hydrogens (primary N) is 1. The third-order valence-electron chi connectivity index (χ3n) is 2.90. The van der Waals surface area contributed by atoms with Crippen LogP contribution in [0.3, 0.4) is 0 Å². The van der Waals surface area contributed by atoms with Crippen LogP contribution in [-0.4, -0.2) is 10.9 Å². The van der Waals surface area contributed by atoms with Crippen molar-refractivity contribution in [1.82, 2.24) is 4.98 Å². The van der Waals surface area contributed by atoms with Crippen LogP contribution in [0.1, 0.15) is 10.4 Å². The van der Waals surface area contributed by atoms with Crippen molar-refractivity contribution in [2.45, 2.75) is 0 Å². The smallest absolute Gasteiger partial charge is 0.255 e. The first-order valence-electron chi connectivity index (χ1n) is 6.06. The van der Waals surface area contributed by atoms with Gasteiger partial charge in [0, 0.05) is 15.7 Å². The molecule has 4 nitrogen and oxygen atoms in total. The molecule has 8 heteroatoms. The van der Waals surface area contributed by atoms with Crippen LogP contribution in [0, 0.1) is 0 Å². The number of aromatic nitrogens is 1. The molecule has 0 aliphatic rings. The maximum Gasteiger partial charge on any atom is 0.255 e. The van der Waals surface area contributed by atoms with E-state index >= 15 is 0 Å². The predicted molar refractivity (Wildman–Crippen MR) is 96.1 cm³/mol. The number of nitrogens with zero attached hydrogens (tertiary/aromatic N) is 1. The fourth-order valence-electron chi connectivity index (χ4n) is 1.92. The van der Waals surface area contributed by atoms with Gasteiger partial charge in [0.25, 0.3) is 5.91 Å². The van der Waals surface area contributed by atoms with Gasteiger partial charge in [-0.15, -0.1) is 0 Å². The second-order valence-electron chi connectivity index (χ2n) is 4.44. The largest absolute Gasteiger partial charge is 0.375 e. The minimum absolute atomic E-state index is 0.276. The summed E-state index contributed by atoms with van der Waals surface area (Å²) in [4.78, 5) is 16.5. The van der Waals surface area contributed by atoms with Gasteiger partial charge in [0.05, 0.1) is 20.3 Å². The third-order valence-corrected chi connectivity index (χ3v) is 5.08. The van der Waals surface area contributed by atoms with Crippen molar-refractivity contribution in [3.8, 4) is 0 Å². The van der Waals surface area contributed by atoms with Crippen molar-refractivity contribution in [3.05, 3.63) is 50.4 Å². The number of nitrogen functional groups attached to an aromatic ring is 1. The summed E-state index contributed by atoms with van der Waals surface area (Å²) in [6, 6.07) is 8.32. The normalized spacial score (nSPS) is 10.9. The van der Waals surface area contributed by atoms with Crippen LogP contribution < -0.4 is 11.1 Å². The molecule has 3 aromatic rings. The molecule has 0 radical (unpaired) electrons. The highest BCUT2D eigenvalue weighted by atomic mass is 79.9. The highest BCUT2D eigenvalue weighted by Crippen LogP contribution is 2.33. The fraction of sp³-hybridized carbons (Fsp3) is 0. The molecule has 0 unspecified atom stereocenters. The zero-order valence-corrected chi connectivity index (χ0v) is 14.8. The van der Waals surface area contributed by atoms with Crippen molar-refractivity contribution in [2.75, 3.05) is 11.1 Å². The first kappa shape index (κ1) is 15.6. The molecule has 3 N–H and O–H groups in total. The molecular weight excluding hydrogens is 409 g/mol. The number of rotatable bonds is 2. The first-order valence-corrected chi connectivity index (χ1v) is 8.42. The van der Waals surface area contributed by atoms with Gasteiger partial charge in [0.15, 0.2) is 5.13 Å². The summed E-state index contributed by atoms with van der Waals surface area (Å²) < 4.78 is 1.65. The Kier molecular flexibility index (Phi) is 4.27. The Labute approximate surface area is 148 Å². The Bertz CT molecular complexity index is 897. The van der Waals surface area contributed by atoms with Gasteiger partial charge < -0.3 is 11.1 Å². The van der Waals surface area contributed by atoms with Crippen molar-refractivity contribution >= 4 is 77.4 Å².